The second-order valence-electron chi connectivity index (χ2n) is 7.52. The third-order valence-electron chi connectivity index (χ3n) is 5.23. The number of aromatic nitrogens is 2. The minimum Gasteiger partial charge on any atom is -0.357 e. The van der Waals surface area contributed by atoms with E-state index in [1.807, 2.05) is 4.90 Å². The second kappa shape index (κ2) is 9.22. The maximum atomic E-state index is 13.2. The van der Waals surface area contributed by atoms with Crippen LogP contribution in [0.1, 0.15) is 50.5 Å². The van der Waals surface area contributed by atoms with Gasteiger partial charge in [-0.05, 0) is 43.4 Å². The first kappa shape index (κ1) is 19.6. The topological polar surface area (TPSA) is 58.1 Å². The normalized spacial score (nSPS) is 17.5. The van der Waals surface area contributed by atoms with Crippen LogP contribution in [0.5, 0.6) is 0 Å². The summed E-state index contributed by atoms with van der Waals surface area (Å²) in [6, 6.07) is 7.28. The molecule has 1 N–H and O–H groups in total. The highest BCUT2D eigenvalue weighted by molar-refractivity contribution is 8.01. The van der Waals surface area contributed by atoms with Crippen molar-refractivity contribution >= 4 is 34.1 Å². The second-order valence-corrected chi connectivity index (χ2v) is 9.72. The quantitative estimate of drug-likeness (QED) is 0.627. The molecule has 0 aliphatic heterocycles. The van der Waals surface area contributed by atoms with Crippen LogP contribution in [0.2, 0.25) is 0 Å². The summed E-state index contributed by atoms with van der Waals surface area (Å²) in [6.07, 6.45) is 8.05. The van der Waals surface area contributed by atoms with Crippen molar-refractivity contribution in [1.82, 2.24) is 15.1 Å². The van der Waals surface area contributed by atoms with Crippen molar-refractivity contribution < 1.29 is 9.18 Å². The van der Waals surface area contributed by atoms with Crippen LogP contribution in [0, 0.1) is 5.82 Å². The lowest BCUT2D eigenvalue weighted by molar-refractivity contribution is -0.132. The fraction of sp³-hybridized carbons (Fsp3) is 0.550. The van der Waals surface area contributed by atoms with Gasteiger partial charge < -0.3 is 10.2 Å². The fourth-order valence-electron chi connectivity index (χ4n) is 3.54. The first-order valence-corrected chi connectivity index (χ1v) is 11.7. The van der Waals surface area contributed by atoms with Crippen molar-refractivity contribution in [3.05, 3.63) is 35.6 Å². The molecular formula is C20H25FN4OS2. The van der Waals surface area contributed by atoms with Crippen LogP contribution in [0.15, 0.2) is 28.6 Å². The van der Waals surface area contributed by atoms with E-state index in [-0.39, 0.29) is 17.8 Å². The van der Waals surface area contributed by atoms with Crippen molar-refractivity contribution in [1.29, 1.82) is 0 Å². The Morgan fingerprint density at radius 3 is 2.61 bits per heavy atom. The molecule has 2 aromatic rings. The molecule has 0 radical (unpaired) electrons. The van der Waals surface area contributed by atoms with Gasteiger partial charge in [0.2, 0.25) is 11.0 Å². The molecule has 0 bridgehead atoms. The lowest BCUT2D eigenvalue weighted by atomic mass is 9.94. The number of amides is 1. The largest absolute Gasteiger partial charge is 0.357 e. The van der Waals surface area contributed by atoms with Crippen molar-refractivity contribution in [2.75, 3.05) is 11.1 Å². The van der Waals surface area contributed by atoms with Crippen LogP contribution in [-0.4, -0.2) is 38.8 Å². The minimum atomic E-state index is -0.248. The molecule has 28 heavy (non-hydrogen) atoms. The minimum absolute atomic E-state index is 0.119. The summed E-state index contributed by atoms with van der Waals surface area (Å²) in [4.78, 5) is 15.0. The smallest absolute Gasteiger partial charge is 0.233 e. The predicted molar refractivity (Wildman–Crippen MR) is 111 cm³/mol. The SMILES string of the molecule is O=C(CSc1nnc(NC2CC2)s1)N(Cc1ccc(F)cc1)C1CCCCC1. The van der Waals surface area contributed by atoms with Crippen molar-refractivity contribution in [2.45, 2.75) is 67.9 Å². The molecule has 0 atom stereocenters. The number of rotatable bonds is 8. The maximum Gasteiger partial charge on any atom is 0.233 e. The average Bonchev–Trinajstić information content (AvgIpc) is 3.42. The van der Waals surface area contributed by atoms with Gasteiger partial charge >= 0.3 is 0 Å². The molecule has 1 aromatic carbocycles. The molecule has 4 rings (SSSR count). The molecule has 2 fully saturated rings. The molecule has 150 valence electrons. The van der Waals surface area contributed by atoms with E-state index in [1.54, 1.807) is 12.1 Å². The summed E-state index contributed by atoms with van der Waals surface area (Å²) >= 11 is 2.97. The highest BCUT2D eigenvalue weighted by atomic mass is 32.2. The van der Waals surface area contributed by atoms with E-state index >= 15 is 0 Å². The summed E-state index contributed by atoms with van der Waals surface area (Å²) in [6.45, 7) is 0.537. The number of carbonyl (C=O) groups is 1. The summed E-state index contributed by atoms with van der Waals surface area (Å²) in [5.74, 6) is 0.227. The van der Waals surface area contributed by atoms with E-state index in [2.05, 4.69) is 15.5 Å². The predicted octanol–water partition coefficient (Wildman–Crippen LogP) is 4.71. The van der Waals surface area contributed by atoms with E-state index < -0.39 is 0 Å². The Morgan fingerprint density at radius 2 is 1.89 bits per heavy atom. The van der Waals surface area contributed by atoms with Crippen LogP contribution >= 0.6 is 23.1 Å². The zero-order chi connectivity index (χ0) is 19.3. The number of halogens is 1. The standard InChI is InChI=1S/C20H25FN4OS2/c21-15-8-6-14(7-9-15)12-25(17-4-2-1-3-5-17)18(26)13-27-20-24-23-19(28-20)22-16-10-11-16/h6-9,16-17H,1-5,10-13H2,(H,22,23). The van der Waals surface area contributed by atoms with Gasteiger partial charge in [-0.25, -0.2) is 4.39 Å². The van der Waals surface area contributed by atoms with E-state index in [9.17, 15) is 9.18 Å². The van der Waals surface area contributed by atoms with Crippen LogP contribution in [0.3, 0.4) is 0 Å². The zero-order valence-corrected chi connectivity index (χ0v) is 17.4. The molecule has 1 aromatic heterocycles. The Labute approximate surface area is 173 Å². The number of nitrogens with zero attached hydrogens (tertiary/aromatic N) is 3. The highest BCUT2D eigenvalue weighted by Crippen LogP contribution is 2.31. The molecular weight excluding hydrogens is 395 g/mol. The third kappa shape index (κ3) is 5.44. The first-order chi connectivity index (χ1) is 13.7. The van der Waals surface area contributed by atoms with Crippen LogP contribution in [0.25, 0.3) is 0 Å². The fourth-order valence-corrected chi connectivity index (χ4v) is 5.25. The summed E-state index contributed by atoms with van der Waals surface area (Å²) in [5.41, 5.74) is 0.970. The number of hydrogen-bond donors (Lipinski definition) is 1. The molecule has 0 saturated heterocycles. The Morgan fingerprint density at radius 1 is 1.14 bits per heavy atom. The molecule has 1 amide bonds. The van der Waals surface area contributed by atoms with Crippen molar-refractivity contribution in [3.63, 3.8) is 0 Å². The highest BCUT2D eigenvalue weighted by Gasteiger charge is 2.26. The van der Waals surface area contributed by atoms with Crippen molar-refractivity contribution in [3.8, 4) is 0 Å². The summed E-state index contributed by atoms with van der Waals surface area (Å²) in [7, 11) is 0. The maximum absolute atomic E-state index is 13.2. The van der Waals surface area contributed by atoms with Gasteiger partial charge in [-0.2, -0.15) is 0 Å². The molecule has 8 heteroatoms. The Bertz CT molecular complexity index is 788. The Kier molecular flexibility index (Phi) is 6.47. The van der Waals surface area contributed by atoms with Gasteiger partial charge in [-0.1, -0.05) is 54.5 Å². The van der Waals surface area contributed by atoms with E-state index in [1.165, 1.54) is 54.5 Å². The Hall–Kier alpha value is -1.67. The van der Waals surface area contributed by atoms with Crippen LogP contribution in [-0.2, 0) is 11.3 Å². The number of nitrogens with one attached hydrogen (secondary N) is 1. The molecule has 2 aliphatic rings. The van der Waals surface area contributed by atoms with Gasteiger partial charge in [0.05, 0.1) is 5.75 Å². The molecule has 5 nitrogen and oxygen atoms in total. The number of carbonyl (C=O) groups excluding carboxylic acids is 1. The molecule has 2 aliphatic carbocycles. The van der Waals surface area contributed by atoms with Crippen LogP contribution in [0.4, 0.5) is 9.52 Å². The van der Waals surface area contributed by atoms with Gasteiger partial charge in [0, 0.05) is 18.6 Å². The number of anilines is 1. The Balaban J connectivity index is 1.38. The lowest BCUT2D eigenvalue weighted by Gasteiger charge is -2.34. The van der Waals surface area contributed by atoms with Crippen molar-refractivity contribution in [2.24, 2.45) is 0 Å². The van der Waals surface area contributed by atoms with Gasteiger partial charge in [0.25, 0.3) is 0 Å². The molecule has 0 spiro atoms. The summed E-state index contributed by atoms with van der Waals surface area (Å²) < 4.78 is 14.1. The van der Waals surface area contributed by atoms with Gasteiger partial charge in [-0.15, -0.1) is 10.2 Å². The zero-order valence-electron chi connectivity index (χ0n) is 15.8. The molecule has 0 unspecified atom stereocenters. The summed E-state index contributed by atoms with van der Waals surface area (Å²) in [5, 5.41) is 12.5. The van der Waals surface area contributed by atoms with E-state index in [0.29, 0.717) is 18.3 Å². The van der Waals surface area contributed by atoms with E-state index in [0.717, 1.165) is 40.7 Å². The van der Waals surface area contributed by atoms with Gasteiger partial charge in [0.15, 0.2) is 4.34 Å². The number of thioether (sulfide) groups is 1. The first-order valence-electron chi connectivity index (χ1n) is 9.94. The lowest BCUT2D eigenvalue weighted by Crippen LogP contribution is -2.41. The number of hydrogen-bond acceptors (Lipinski definition) is 6. The van der Waals surface area contributed by atoms with E-state index in [4.69, 9.17) is 0 Å². The van der Waals surface area contributed by atoms with Crippen LogP contribution < -0.4 is 5.32 Å². The average molecular weight is 421 g/mol. The van der Waals surface area contributed by atoms with Gasteiger partial charge in [-0.3, -0.25) is 4.79 Å². The van der Waals surface area contributed by atoms with Gasteiger partial charge in [0.1, 0.15) is 5.82 Å². The number of benzene rings is 1. The monoisotopic (exact) mass is 420 g/mol. The third-order valence-corrected chi connectivity index (χ3v) is 7.21. The molecule has 1 heterocycles. The molecule has 2 saturated carbocycles.